The Morgan fingerprint density at radius 1 is 0.960 bits per heavy atom. The average Bonchev–Trinajstić information content (AvgIpc) is 2.83. The maximum Gasteiger partial charge on any atom is 0.271 e. The Bertz CT molecular complexity index is 1040. The number of rotatable bonds is 1. The van der Waals surface area contributed by atoms with Crippen molar-refractivity contribution >= 4 is 22.4 Å². The van der Waals surface area contributed by atoms with Gasteiger partial charge in [0.25, 0.3) is 5.91 Å². The van der Waals surface area contributed by atoms with Gasteiger partial charge >= 0.3 is 0 Å². The number of likely N-dealkylation sites (N-methyl/N-ethyl adjacent to an activating group) is 1. The topological polar surface area (TPSA) is 25.2 Å². The van der Waals surface area contributed by atoms with E-state index in [4.69, 9.17) is 0 Å². The van der Waals surface area contributed by atoms with Crippen LogP contribution < -0.4 is 0 Å². The fraction of sp³-hybridized carbons (Fsp3) is 0.227. The normalized spacial score (nSPS) is 14.5. The van der Waals surface area contributed by atoms with Gasteiger partial charge in [-0.15, -0.1) is 0 Å². The van der Waals surface area contributed by atoms with Crippen molar-refractivity contribution in [2.45, 2.75) is 13.8 Å². The van der Waals surface area contributed by atoms with Crippen LogP contribution in [-0.4, -0.2) is 29.0 Å². The van der Waals surface area contributed by atoms with Crippen LogP contribution in [0.3, 0.4) is 0 Å². The van der Waals surface area contributed by atoms with E-state index in [1.54, 1.807) is 4.90 Å². The Hall–Kier alpha value is -2.81. The molecule has 1 amide bonds. The Kier molecular flexibility index (Phi) is 3.53. The lowest BCUT2D eigenvalue weighted by Gasteiger charge is -2.14. The smallest absolute Gasteiger partial charge is 0.271 e. The molecule has 3 nitrogen and oxygen atoms in total. The summed E-state index contributed by atoms with van der Waals surface area (Å²) >= 11 is 0. The number of aryl methyl sites for hydroxylation is 3. The average molecular weight is 330 g/mol. The number of fused-ring (bicyclic) bond motifs is 3. The zero-order valence-electron chi connectivity index (χ0n) is 15.1. The molecule has 0 saturated carbocycles. The summed E-state index contributed by atoms with van der Waals surface area (Å²) in [5.74, 6) is 0.0729. The third-order valence-electron chi connectivity index (χ3n) is 5.31. The molecule has 2 aromatic carbocycles. The first-order valence-electron chi connectivity index (χ1n) is 8.60. The highest BCUT2D eigenvalue weighted by Crippen LogP contribution is 2.37. The van der Waals surface area contributed by atoms with Gasteiger partial charge in [0.05, 0.1) is 0 Å². The summed E-state index contributed by atoms with van der Waals surface area (Å²) in [4.78, 5) is 14.8. The fourth-order valence-electron chi connectivity index (χ4n) is 3.68. The van der Waals surface area contributed by atoms with E-state index in [0.717, 1.165) is 27.7 Å². The summed E-state index contributed by atoms with van der Waals surface area (Å²) in [6.45, 7) is 4.88. The predicted molar refractivity (Wildman–Crippen MR) is 103 cm³/mol. The summed E-state index contributed by atoms with van der Waals surface area (Å²) in [6, 6.07) is 14.8. The van der Waals surface area contributed by atoms with Crippen LogP contribution in [0.2, 0.25) is 0 Å². The van der Waals surface area contributed by atoms with Gasteiger partial charge in [0, 0.05) is 37.1 Å². The molecule has 4 rings (SSSR count). The second kappa shape index (κ2) is 5.62. The van der Waals surface area contributed by atoms with E-state index in [1.807, 2.05) is 30.8 Å². The lowest BCUT2D eigenvalue weighted by molar-refractivity contribution is 0.0803. The first kappa shape index (κ1) is 15.7. The number of benzene rings is 2. The number of hydrogen-bond acceptors (Lipinski definition) is 1. The number of carbonyl (C=O) groups excluding carboxylic acids is 1. The molecule has 0 bridgehead atoms. The summed E-state index contributed by atoms with van der Waals surface area (Å²) in [5.41, 5.74) is 7.78. The summed E-state index contributed by atoms with van der Waals surface area (Å²) in [5, 5.41) is 1.13. The van der Waals surface area contributed by atoms with Crippen LogP contribution in [0.25, 0.3) is 16.5 Å². The van der Waals surface area contributed by atoms with E-state index in [0.29, 0.717) is 6.54 Å². The lowest BCUT2D eigenvalue weighted by atomic mass is 9.93. The maximum absolute atomic E-state index is 13.0. The molecule has 1 aromatic heterocycles. The monoisotopic (exact) mass is 330 g/mol. The van der Waals surface area contributed by atoms with Crippen LogP contribution in [0.4, 0.5) is 0 Å². The van der Waals surface area contributed by atoms with E-state index in [-0.39, 0.29) is 5.91 Å². The number of carbonyl (C=O) groups is 1. The Balaban J connectivity index is 2.07. The Morgan fingerprint density at radius 2 is 1.72 bits per heavy atom. The van der Waals surface area contributed by atoms with Gasteiger partial charge in [-0.05, 0) is 42.2 Å². The van der Waals surface area contributed by atoms with Gasteiger partial charge in [-0.2, -0.15) is 0 Å². The largest absolute Gasteiger partial charge is 0.339 e. The van der Waals surface area contributed by atoms with Crippen molar-refractivity contribution in [1.82, 2.24) is 9.47 Å². The zero-order valence-corrected chi connectivity index (χ0v) is 15.1. The number of amides is 1. The Labute approximate surface area is 148 Å². The van der Waals surface area contributed by atoms with Crippen LogP contribution in [0.15, 0.2) is 48.5 Å². The second-order valence-corrected chi connectivity index (χ2v) is 6.90. The minimum absolute atomic E-state index is 0.0729. The van der Waals surface area contributed by atoms with E-state index < -0.39 is 0 Å². The van der Waals surface area contributed by atoms with E-state index in [9.17, 15) is 4.79 Å². The van der Waals surface area contributed by atoms with Gasteiger partial charge in [0.2, 0.25) is 0 Å². The zero-order chi connectivity index (χ0) is 17.7. The molecule has 0 N–H and O–H groups in total. The van der Waals surface area contributed by atoms with Crippen LogP contribution in [-0.2, 0) is 7.05 Å². The number of hydrogen-bond donors (Lipinski definition) is 0. The molecular weight excluding hydrogens is 308 g/mol. The molecule has 3 aromatic rings. The predicted octanol–water partition coefficient (Wildman–Crippen LogP) is 4.31. The highest BCUT2D eigenvalue weighted by molar-refractivity contribution is 6.10. The minimum atomic E-state index is 0.0729. The molecule has 0 saturated heterocycles. The lowest BCUT2D eigenvalue weighted by Crippen LogP contribution is -2.27. The van der Waals surface area contributed by atoms with Gasteiger partial charge in [0.15, 0.2) is 0 Å². The molecule has 0 unspecified atom stereocenters. The molecule has 0 radical (unpaired) electrons. The van der Waals surface area contributed by atoms with Crippen LogP contribution in [0, 0.1) is 13.8 Å². The molecule has 25 heavy (non-hydrogen) atoms. The Morgan fingerprint density at radius 3 is 2.48 bits per heavy atom. The van der Waals surface area contributed by atoms with Gasteiger partial charge in [-0.25, -0.2) is 0 Å². The first-order valence-corrected chi connectivity index (χ1v) is 8.60. The number of nitrogens with zero attached hydrogens (tertiary/aromatic N) is 2. The van der Waals surface area contributed by atoms with E-state index in [1.165, 1.54) is 16.7 Å². The molecule has 3 heteroatoms. The first-order chi connectivity index (χ1) is 12.0. The van der Waals surface area contributed by atoms with Gasteiger partial charge in [-0.3, -0.25) is 4.79 Å². The number of para-hydroxylation sites is 1. The molecule has 0 aliphatic carbocycles. The summed E-state index contributed by atoms with van der Waals surface area (Å²) < 4.78 is 2.03. The quantitative estimate of drug-likeness (QED) is 0.652. The molecule has 126 valence electrons. The molecule has 1 aliphatic heterocycles. The van der Waals surface area contributed by atoms with Crippen LogP contribution in [0.1, 0.15) is 32.7 Å². The van der Waals surface area contributed by atoms with E-state index in [2.05, 4.69) is 50.3 Å². The molecule has 0 fully saturated rings. The van der Waals surface area contributed by atoms with Crippen molar-refractivity contribution in [3.8, 4) is 0 Å². The molecule has 0 atom stereocenters. The van der Waals surface area contributed by atoms with Crippen molar-refractivity contribution in [1.29, 1.82) is 0 Å². The van der Waals surface area contributed by atoms with Gasteiger partial charge in [-0.1, -0.05) is 42.5 Å². The molecule has 0 spiro atoms. The third kappa shape index (κ3) is 2.30. The van der Waals surface area contributed by atoms with Crippen molar-refractivity contribution in [2.75, 3.05) is 13.6 Å². The van der Waals surface area contributed by atoms with Crippen LogP contribution >= 0.6 is 0 Å². The second-order valence-electron chi connectivity index (χ2n) is 6.90. The highest BCUT2D eigenvalue weighted by Gasteiger charge is 2.28. The van der Waals surface area contributed by atoms with Crippen LogP contribution in [0.5, 0.6) is 0 Å². The van der Waals surface area contributed by atoms with Crippen molar-refractivity contribution < 1.29 is 4.79 Å². The van der Waals surface area contributed by atoms with E-state index >= 15 is 0 Å². The standard InChI is InChI=1S/C22H22N2O/c1-14-9-10-16(13-15(14)2)17-11-12-23(3)22(25)21-20(17)18-7-5-6-8-19(18)24(21)4/h5-11,13H,12H2,1-4H3. The fourth-order valence-corrected chi connectivity index (χ4v) is 3.68. The SMILES string of the molecule is Cc1ccc(C2=CCN(C)C(=O)c3c2c2ccccc2n3C)cc1C. The third-order valence-corrected chi connectivity index (χ3v) is 5.31. The summed E-state index contributed by atoms with van der Waals surface area (Å²) in [7, 11) is 3.85. The summed E-state index contributed by atoms with van der Waals surface area (Å²) in [6.07, 6.45) is 2.18. The van der Waals surface area contributed by atoms with Crippen molar-refractivity contribution in [2.24, 2.45) is 7.05 Å². The molecular formula is C22H22N2O. The van der Waals surface area contributed by atoms with Gasteiger partial charge in [0.1, 0.15) is 5.69 Å². The molecule has 1 aliphatic rings. The molecule has 2 heterocycles. The van der Waals surface area contributed by atoms with Crippen molar-refractivity contribution in [3.05, 3.63) is 76.5 Å². The maximum atomic E-state index is 13.0. The van der Waals surface area contributed by atoms with Gasteiger partial charge < -0.3 is 9.47 Å². The highest BCUT2D eigenvalue weighted by atomic mass is 16.2. The van der Waals surface area contributed by atoms with Crippen molar-refractivity contribution in [3.63, 3.8) is 0 Å². The number of aromatic nitrogens is 1. The minimum Gasteiger partial charge on any atom is -0.339 e.